The minimum absolute atomic E-state index is 0. The van der Waals surface area contributed by atoms with E-state index in [9.17, 15) is 0 Å². The van der Waals surface area contributed by atoms with Crippen molar-refractivity contribution < 1.29 is 13.9 Å². The first-order valence-electron chi connectivity index (χ1n) is 8.50. The molecule has 1 N–H and O–H groups in total. The third-order valence-corrected chi connectivity index (χ3v) is 3.75. The zero-order chi connectivity index (χ0) is 17.3. The average Bonchev–Trinajstić information content (AvgIpc) is 3.16. The first-order valence-corrected chi connectivity index (χ1v) is 8.50. The third kappa shape index (κ3) is 5.83. The second-order valence-corrected chi connectivity index (χ2v) is 5.67. The quantitative estimate of drug-likeness (QED) is 0.575. The van der Waals surface area contributed by atoms with E-state index in [1.54, 1.807) is 6.26 Å². The lowest BCUT2D eigenvalue weighted by Gasteiger charge is -2.14. The van der Waals surface area contributed by atoms with Gasteiger partial charge in [-0.2, -0.15) is 0 Å². The summed E-state index contributed by atoms with van der Waals surface area (Å²) < 4.78 is 17.0. The molecular weight excluding hydrogens is 350 g/mol. The molecule has 5 heteroatoms. The molecule has 0 unspecified atom stereocenters. The maximum atomic E-state index is 5.93. The van der Waals surface area contributed by atoms with Crippen LogP contribution >= 0.6 is 12.4 Å². The van der Waals surface area contributed by atoms with Crippen molar-refractivity contribution in [2.45, 2.75) is 26.6 Å². The van der Waals surface area contributed by atoms with Crippen LogP contribution < -0.4 is 14.8 Å². The van der Waals surface area contributed by atoms with E-state index < -0.39 is 0 Å². The van der Waals surface area contributed by atoms with Gasteiger partial charge in [-0.3, -0.25) is 0 Å². The Hall–Kier alpha value is -2.43. The lowest BCUT2D eigenvalue weighted by Crippen LogP contribution is -2.12. The van der Waals surface area contributed by atoms with Crippen molar-refractivity contribution >= 4 is 12.4 Å². The van der Waals surface area contributed by atoms with E-state index in [1.165, 1.54) is 0 Å². The normalized spacial score (nSPS) is 10.2. The summed E-state index contributed by atoms with van der Waals surface area (Å²) in [4.78, 5) is 0. The second-order valence-electron chi connectivity index (χ2n) is 5.67. The topological polar surface area (TPSA) is 43.6 Å². The molecule has 0 spiro atoms. The number of nitrogens with one attached hydrogen (secondary N) is 1. The Morgan fingerprint density at radius 3 is 2.42 bits per heavy atom. The SMILES string of the molecule is CCOc1cc(CNCc2ccco2)ccc1OCc1ccccc1.Cl. The first-order chi connectivity index (χ1) is 12.3. The highest BCUT2D eigenvalue weighted by molar-refractivity contribution is 5.85. The fourth-order valence-electron chi connectivity index (χ4n) is 2.53. The van der Waals surface area contributed by atoms with Crippen molar-refractivity contribution in [3.63, 3.8) is 0 Å². The van der Waals surface area contributed by atoms with E-state index >= 15 is 0 Å². The van der Waals surface area contributed by atoms with Crippen LogP contribution in [0.5, 0.6) is 11.5 Å². The standard InChI is InChI=1S/C21H23NO3.ClH/c1-2-23-21-13-18(14-22-15-19-9-6-12-24-19)10-11-20(21)25-16-17-7-4-3-5-8-17;/h3-13,22H,2,14-16H2,1H3;1H. The summed E-state index contributed by atoms with van der Waals surface area (Å²) in [5, 5.41) is 3.36. The van der Waals surface area contributed by atoms with Gasteiger partial charge in [0.05, 0.1) is 19.4 Å². The summed E-state index contributed by atoms with van der Waals surface area (Å²) in [5.41, 5.74) is 2.27. The van der Waals surface area contributed by atoms with Crippen molar-refractivity contribution in [2.24, 2.45) is 0 Å². The van der Waals surface area contributed by atoms with Crippen molar-refractivity contribution in [3.05, 3.63) is 83.8 Å². The summed E-state index contributed by atoms with van der Waals surface area (Å²) in [6.45, 7) is 4.54. The van der Waals surface area contributed by atoms with E-state index in [0.717, 1.165) is 34.9 Å². The molecule has 0 amide bonds. The van der Waals surface area contributed by atoms with Crippen LogP contribution in [0.3, 0.4) is 0 Å². The maximum absolute atomic E-state index is 5.93. The molecule has 0 aliphatic rings. The molecule has 3 rings (SSSR count). The number of halogens is 1. The van der Waals surface area contributed by atoms with Gasteiger partial charge in [0.25, 0.3) is 0 Å². The van der Waals surface area contributed by atoms with Gasteiger partial charge in [-0.15, -0.1) is 12.4 Å². The molecule has 2 aromatic carbocycles. The number of hydrogen-bond acceptors (Lipinski definition) is 4. The molecule has 1 heterocycles. The van der Waals surface area contributed by atoms with Gasteiger partial charge in [0.2, 0.25) is 0 Å². The Balaban J connectivity index is 0.00000243. The van der Waals surface area contributed by atoms with Gasteiger partial charge < -0.3 is 19.2 Å². The number of ether oxygens (including phenoxy) is 2. The predicted octanol–water partition coefficient (Wildman–Crippen LogP) is 4.97. The van der Waals surface area contributed by atoms with E-state index in [4.69, 9.17) is 13.9 Å². The first kappa shape index (κ1) is 19.9. The fraction of sp³-hybridized carbons (Fsp3) is 0.238. The Kier molecular flexibility index (Phi) is 8.06. The second kappa shape index (κ2) is 10.5. The van der Waals surface area contributed by atoms with Crippen LogP contribution in [0.25, 0.3) is 0 Å². The molecule has 138 valence electrons. The zero-order valence-electron chi connectivity index (χ0n) is 14.8. The smallest absolute Gasteiger partial charge is 0.161 e. The summed E-state index contributed by atoms with van der Waals surface area (Å²) in [6.07, 6.45) is 1.68. The van der Waals surface area contributed by atoms with E-state index in [0.29, 0.717) is 19.8 Å². The molecule has 0 bridgehead atoms. The van der Waals surface area contributed by atoms with Crippen LogP contribution in [0.1, 0.15) is 23.8 Å². The Morgan fingerprint density at radius 2 is 1.69 bits per heavy atom. The minimum Gasteiger partial charge on any atom is -0.490 e. The Labute approximate surface area is 160 Å². The van der Waals surface area contributed by atoms with E-state index in [1.807, 2.05) is 61.5 Å². The lowest BCUT2D eigenvalue weighted by atomic mass is 10.2. The van der Waals surface area contributed by atoms with Crippen LogP contribution in [0.4, 0.5) is 0 Å². The van der Waals surface area contributed by atoms with Gasteiger partial charge in [-0.1, -0.05) is 36.4 Å². The number of benzene rings is 2. The largest absolute Gasteiger partial charge is 0.490 e. The zero-order valence-corrected chi connectivity index (χ0v) is 15.6. The minimum atomic E-state index is 0. The summed E-state index contributed by atoms with van der Waals surface area (Å²) in [6, 6.07) is 20.0. The molecular formula is C21H24ClNO3. The molecule has 0 radical (unpaired) electrons. The third-order valence-electron chi connectivity index (χ3n) is 3.75. The van der Waals surface area contributed by atoms with Gasteiger partial charge in [-0.25, -0.2) is 0 Å². The van der Waals surface area contributed by atoms with Gasteiger partial charge in [-0.05, 0) is 42.3 Å². The summed E-state index contributed by atoms with van der Waals surface area (Å²) in [5.74, 6) is 2.46. The number of rotatable bonds is 9. The molecule has 0 aliphatic heterocycles. The molecule has 0 aliphatic carbocycles. The van der Waals surface area contributed by atoms with Crippen LogP contribution in [0.15, 0.2) is 71.3 Å². The van der Waals surface area contributed by atoms with Crippen LogP contribution in [0, 0.1) is 0 Å². The monoisotopic (exact) mass is 373 g/mol. The summed E-state index contributed by atoms with van der Waals surface area (Å²) >= 11 is 0. The molecule has 0 saturated carbocycles. The highest BCUT2D eigenvalue weighted by Crippen LogP contribution is 2.29. The van der Waals surface area contributed by atoms with E-state index in [-0.39, 0.29) is 12.4 Å². The molecule has 1 aromatic heterocycles. The molecule has 26 heavy (non-hydrogen) atoms. The van der Waals surface area contributed by atoms with Gasteiger partial charge in [0, 0.05) is 6.54 Å². The molecule has 3 aromatic rings. The molecule has 0 saturated heterocycles. The van der Waals surface area contributed by atoms with E-state index in [2.05, 4.69) is 11.4 Å². The number of furan rings is 1. The van der Waals surface area contributed by atoms with Crippen molar-refractivity contribution in [2.75, 3.05) is 6.61 Å². The Bertz CT molecular complexity index is 760. The van der Waals surface area contributed by atoms with Crippen molar-refractivity contribution in [1.82, 2.24) is 5.32 Å². The molecule has 0 fully saturated rings. The van der Waals surface area contributed by atoms with Crippen LogP contribution in [-0.2, 0) is 19.7 Å². The number of hydrogen-bond donors (Lipinski definition) is 1. The molecule has 4 nitrogen and oxygen atoms in total. The molecule has 0 atom stereocenters. The van der Waals surface area contributed by atoms with Crippen LogP contribution in [-0.4, -0.2) is 6.61 Å². The van der Waals surface area contributed by atoms with Crippen molar-refractivity contribution in [3.8, 4) is 11.5 Å². The highest BCUT2D eigenvalue weighted by Gasteiger charge is 2.07. The Morgan fingerprint density at radius 1 is 0.846 bits per heavy atom. The van der Waals surface area contributed by atoms with Gasteiger partial charge >= 0.3 is 0 Å². The predicted molar refractivity (Wildman–Crippen MR) is 105 cm³/mol. The van der Waals surface area contributed by atoms with Gasteiger partial charge in [0.15, 0.2) is 11.5 Å². The average molecular weight is 374 g/mol. The maximum Gasteiger partial charge on any atom is 0.161 e. The van der Waals surface area contributed by atoms with Crippen LogP contribution in [0.2, 0.25) is 0 Å². The summed E-state index contributed by atoms with van der Waals surface area (Å²) in [7, 11) is 0. The lowest BCUT2D eigenvalue weighted by molar-refractivity contribution is 0.269. The van der Waals surface area contributed by atoms with Gasteiger partial charge in [0.1, 0.15) is 12.4 Å². The van der Waals surface area contributed by atoms with Crippen molar-refractivity contribution in [1.29, 1.82) is 0 Å². The highest BCUT2D eigenvalue weighted by atomic mass is 35.5. The fourth-order valence-corrected chi connectivity index (χ4v) is 2.53.